The predicted molar refractivity (Wildman–Crippen MR) is 92.5 cm³/mol. The van der Waals surface area contributed by atoms with Gasteiger partial charge in [0, 0.05) is 15.6 Å². The van der Waals surface area contributed by atoms with E-state index in [0.717, 1.165) is 22.2 Å². The van der Waals surface area contributed by atoms with Gasteiger partial charge in [-0.15, -0.1) is 0 Å². The molecule has 1 atom stereocenters. The summed E-state index contributed by atoms with van der Waals surface area (Å²) in [7, 11) is 0. The summed E-state index contributed by atoms with van der Waals surface area (Å²) in [6.45, 7) is 1.67. The highest BCUT2D eigenvalue weighted by Gasteiger charge is 2.71. The number of amides is 1. The number of carbonyl (C=O) groups is 1. The molecule has 0 radical (unpaired) electrons. The molecular formula is C18H14BrF6NO2. The number of benzene rings is 2. The molecule has 0 heterocycles. The first-order chi connectivity index (χ1) is 12.8. The van der Waals surface area contributed by atoms with Crippen molar-refractivity contribution >= 4 is 21.8 Å². The lowest BCUT2D eigenvalue weighted by atomic mass is 9.91. The van der Waals surface area contributed by atoms with Crippen molar-refractivity contribution in [3.05, 3.63) is 69.7 Å². The van der Waals surface area contributed by atoms with Gasteiger partial charge in [-0.25, -0.2) is 0 Å². The van der Waals surface area contributed by atoms with Crippen LogP contribution in [0.2, 0.25) is 0 Å². The molecule has 2 aromatic rings. The number of alkyl halides is 6. The molecule has 0 aliphatic carbocycles. The van der Waals surface area contributed by atoms with Gasteiger partial charge in [0.15, 0.2) is 0 Å². The Morgan fingerprint density at radius 1 is 0.929 bits per heavy atom. The van der Waals surface area contributed by atoms with Gasteiger partial charge in [-0.1, -0.05) is 40.2 Å². The van der Waals surface area contributed by atoms with E-state index in [-0.39, 0.29) is 5.56 Å². The molecule has 2 rings (SSSR count). The first-order valence-electron chi connectivity index (χ1n) is 7.80. The van der Waals surface area contributed by atoms with Crippen molar-refractivity contribution in [2.45, 2.75) is 30.9 Å². The zero-order valence-electron chi connectivity index (χ0n) is 14.2. The lowest BCUT2D eigenvalue weighted by Crippen LogP contribution is -2.53. The average molecular weight is 470 g/mol. The van der Waals surface area contributed by atoms with E-state index in [9.17, 15) is 36.2 Å². The highest BCUT2D eigenvalue weighted by atomic mass is 79.9. The van der Waals surface area contributed by atoms with Crippen LogP contribution in [0.25, 0.3) is 0 Å². The lowest BCUT2D eigenvalue weighted by Gasteiger charge is -2.32. The molecule has 0 aliphatic rings. The summed E-state index contributed by atoms with van der Waals surface area (Å²) in [5, 5.41) is 11.9. The van der Waals surface area contributed by atoms with Crippen molar-refractivity contribution < 1.29 is 36.2 Å². The lowest BCUT2D eigenvalue weighted by molar-refractivity contribution is -0.376. The van der Waals surface area contributed by atoms with E-state index in [1.165, 1.54) is 0 Å². The Hall–Kier alpha value is -2.07. The van der Waals surface area contributed by atoms with Gasteiger partial charge in [-0.2, -0.15) is 26.3 Å². The molecule has 2 N–H and O–H groups in total. The predicted octanol–water partition coefficient (Wildman–Crippen LogP) is 5.25. The number of carbonyl (C=O) groups excluding carboxylic acids is 1. The van der Waals surface area contributed by atoms with Crippen LogP contribution in [0, 0.1) is 0 Å². The van der Waals surface area contributed by atoms with Gasteiger partial charge in [0.1, 0.15) is 0 Å². The Morgan fingerprint density at radius 2 is 1.39 bits per heavy atom. The van der Waals surface area contributed by atoms with Crippen molar-refractivity contribution in [1.82, 2.24) is 5.32 Å². The number of hydrogen-bond donors (Lipinski definition) is 2. The fourth-order valence-electron chi connectivity index (χ4n) is 2.47. The van der Waals surface area contributed by atoms with Gasteiger partial charge < -0.3 is 10.4 Å². The summed E-state index contributed by atoms with van der Waals surface area (Å²) in [5.74, 6) is -0.690. The second-order valence-electron chi connectivity index (χ2n) is 6.03. The minimum atomic E-state index is -5.98. The van der Waals surface area contributed by atoms with E-state index >= 15 is 0 Å². The number of rotatable bonds is 4. The monoisotopic (exact) mass is 469 g/mol. The Labute approximate surface area is 164 Å². The molecule has 0 aromatic heterocycles. The third kappa shape index (κ3) is 4.33. The van der Waals surface area contributed by atoms with E-state index in [1.54, 1.807) is 31.2 Å². The van der Waals surface area contributed by atoms with Crippen molar-refractivity contribution in [1.29, 1.82) is 0 Å². The Kier molecular flexibility index (Phi) is 6.15. The van der Waals surface area contributed by atoms with Crippen molar-refractivity contribution in [3.63, 3.8) is 0 Å². The van der Waals surface area contributed by atoms with Crippen LogP contribution in [0.4, 0.5) is 26.3 Å². The van der Waals surface area contributed by atoms with E-state index in [2.05, 4.69) is 21.2 Å². The molecule has 0 unspecified atom stereocenters. The van der Waals surface area contributed by atoms with Crippen LogP contribution in [0.15, 0.2) is 53.0 Å². The second-order valence-corrected chi connectivity index (χ2v) is 6.95. The topological polar surface area (TPSA) is 49.3 Å². The van der Waals surface area contributed by atoms with E-state index < -0.39 is 35.5 Å². The number of halogens is 7. The SMILES string of the molecule is C[C@@H](NC(=O)c1ccc(C(O)(C(F)(F)F)C(F)(F)F)cc1)c1ccc(Br)cc1. The molecule has 1 amide bonds. The van der Waals surface area contributed by atoms with Crippen LogP contribution in [-0.2, 0) is 5.60 Å². The van der Waals surface area contributed by atoms with Gasteiger partial charge in [-0.3, -0.25) is 4.79 Å². The van der Waals surface area contributed by atoms with Gasteiger partial charge in [0.25, 0.3) is 11.5 Å². The molecule has 0 aliphatic heterocycles. The maximum absolute atomic E-state index is 12.9. The maximum Gasteiger partial charge on any atom is 0.430 e. The van der Waals surface area contributed by atoms with E-state index in [4.69, 9.17) is 0 Å². The van der Waals surface area contributed by atoms with Gasteiger partial charge >= 0.3 is 12.4 Å². The van der Waals surface area contributed by atoms with E-state index in [1.807, 2.05) is 0 Å². The van der Waals surface area contributed by atoms with Crippen LogP contribution >= 0.6 is 15.9 Å². The average Bonchev–Trinajstić information content (AvgIpc) is 2.59. The highest BCUT2D eigenvalue weighted by Crippen LogP contribution is 2.49. The third-order valence-electron chi connectivity index (χ3n) is 4.10. The standard InChI is InChI=1S/C18H14BrF6NO2/c1-10(11-4-8-14(19)9-5-11)26-15(27)12-2-6-13(7-3-12)16(28,17(20,21)22)18(23,24)25/h2-10,28H,1H3,(H,26,27)/t10-/m1/s1. The summed E-state index contributed by atoms with van der Waals surface area (Å²) in [6.07, 6.45) is -12.0. The molecule has 0 bridgehead atoms. The third-order valence-corrected chi connectivity index (χ3v) is 4.63. The summed E-state index contributed by atoms with van der Waals surface area (Å²) >= 11 is 3.26. The minimum absolute atomic E-state index is 0.153. The molecule has 0 saturated heterocycles. The van der Waals surface area contributed by atoms with Crippen molar-refractivity contribution in [3.8, 4) is 0 Å². The quantitative estimate of drug-likeness (QED) is 0.600. The molecule has 152 valence electrons. The first-order valence-corrected chi connectivity index (χ1v) is 8.59. The smallest absolute Gasteiger partial charge is 0.369 e. The Morgan fingerprint density at radius 3 is 1.82 bits per heavy atom. The Bertz CT molecular complexity index is 817. The largest absolute Gasteiger partial charge is 0.430 e. The van der Waals surface area contributed by atoms with Gasteiger partial charge in [-0.05, 0) is 36.8 Å². The van der Waals surface area contributed by atoms with Gasteiger partial charge in [0.05, 0.1) is 6.04 Å². The zero-order valence-corrected chi connectivity index (χ0v) is 15.8. The fraction of sp³-hybridized carbons (Fsp3) is 0.278. The Balaban J connectivity index is 2.23. The van der Waals surface area contributed by atoms with Crippen LogP contribution in [0.5, 0.6) is 0 Å². The second kappa shape index (κ2) is 7.75. The molecule has 10 heteroatoms. The van der Waals surface area contributed by atoms with Crippen LogP contribution in [0.1, 0.15) is 34.5 Å². The normalized spacial score (nSPS) is 13.9. The fourth-order valence-corrected chi connectivity index (χ4v) is 2.73. The van der Waals surface area contributed by atoms with Crippen molar-refractivity contribution in [2.24, 2.45) is 0 Å². The number of hydrogen-bond acceptors (Lipinski definition) is 2. The minimum Gasteiger partial charge on any atom is -0.369 e. The maximum atomic E-state index is 12.9. The van der Waals surface area contributed by atoms with E-state index in [0.29, 0.717) is 12.1 Å². The van der Waals surface area contributed by atoms with Crippen LogP contribution < -0.4 is 5.32 Å². The number of aliphatic hydroxyl groups is 1. The van der Waals surface area contributed by atoms with Crippen LogP contribution in [0.3, 0.4) is 0 Å². The highest BCUT2D eigenvalue weighted by molar-refractivity contribution is 9.10. The molecule has 28 heavy (non-hydrogen) atoms. The molecule has 0 saturated carbocycles. The number of nitrogens with one attached hydrogen (secondary N) is 1. The molecule has 3 nitrogen and oxygen atoms in total. The first kappa shape index (κ1) is 22.2. The van der Waals surface area contributed by atoms with Gasteiger partial charge in [0.2, 0.25) is 0 Å². The summed E-state index contributed by atoms with van der Waals surface area (Å²) in [4.78, 5) is 12.2. The molecule has 0 fully saturated rings. The van der Waals surface area contributed by atoms with Crippen molar-refractivity contribution in [2.75, 3.05) is 0 Å². The summed E-state index contributed by atoms with van der Waals surface area (Å²) in [6, 6.07) is 8.98. The summed E-state index contributed by atoms with van der Waals surface area (Å²) < 4.78 is 78.1. The van der Waals surface area contributed by atoms with Crippen LogP contribution in [-0.4, -0.2) is 23.4 Å². The molecule has 2 aromatic carbocycles. The molecular weight excluding hydrogens is 456 g/mol. The zero-order chi connectivity index (χ0) is 21.3. The molecule has 0 spiro atoms. The summed E-state index contributed by atoms with van der Waals surface area (Å²) in [5.41, 5.74) is -5.86.